The molecule has 9 nitrogen and oxygen atoms in total. The minimum atomic E-state index is -0.996. The summed E-state index contributed by atoms with van der Waals surface area (Å²) >= 11 is 0. The molecule has 0 saturated heterocycles. The van der Waals surface area contributed by atoms with E-state index in [1.807, 2.05) is 4.98 Å². The minimum Gasteiger partial charge on any atom is -0.336 e. The quantitative estimate of drug-likeness (QED) is 0.572. The molecule has 2 aromatic heterocycles. The van der Waals surface area contributed by atoms with Gasteiger partial charge in [0.1, 0.15) is 0 Å². The summed E-state index contributed by atoms with van der Waals surface area (Å²) in [6.45, 7) is 0.621. The maximum atomic E-state index is 11.4. The van der Waals surface area contributed by atoms with E-state index in [2.05, 4.69) is 4.98 Å². The predicted molar refractivity (Wildman–Crippen MR) is 60.2 cm³/mol. The van der Waals surface area contributed by atoms with Gasteiger partial charge in [0.2, 0.25) is 0 Å². The standard InChI is InChI=1S/C9H9N5O4/c15-8-7(14(17)18)5-13(9(16)11-8)4-3-12-2-1-10-6-12/h1-2,5-6H,3-4H2,(H,11,15,16). The van der Waals surface area contributed by atoms with Gasteiger partial charge in [0, 0.05) is 25.5 Å². The van der Waals surface area contributed by atoms with Gasteiger partial charge < -0.3 is 4.57 Å². The molecule has 94 valence electrons. The summed E-state index contributed by atoms with van der Waals surface area (Å²) in [4.78, 5) is 38.1. The summed E-state index contributed by atoms with van der Waals surface area (Å²) in [5.74, 6) is 0. The topological polar surface area (TPSA) is 116 Å². The Bertz CT molecular complexity index is 669. The van der Waals surface area contributed by atoms with Gasteiger partial charge in [-0.15, -0.1) is 0 Å². The van der Waals surface area contributed by atoms with E-state index >= 15 is 0 Å². The van der Waals surface area contributed by atoms with Gasteiger partial charge in [0.15, 0.2) is 0 Å². The minimum absolute atomic E-state index is 0.201. The molecule has 0 atom stereocenters. The second-order valence-corrected chi connectivity index (χ2v) is 3.52. The first-order valence-corrected chi connectivity index (χ1v) is 5.02. The Kier molecular flexibility index (Phi) is 3.04. The summed E-state index contributed by atoms with van der Waals surface area (Å²) in [5, 5.41) is 10.6. The van der Waals surface area contributed by atoms with Gasteiger partial charge >= 0.3 is 16.9 Å². The zero-order valence-electron chi connectivity index (χ0n) is 9.15. The van der Waals surface area contributed by atoms with E-state index in [1.165, 1.54) is 0 Å². The molecule has 0 saturated carbocycles. The lowest BCUT2D eigenvalue weighted by molar-refractivity contribution is -0.386. The summed E-state index contributed by atoms with van der Waals surface area (Å²) in [5.41, 5.74) is -2.32. The molecule has 0 bridgehead atoms. The van der Waals surface area contributed by atoms with Gasteiger partial charge in [-0.1, -0.05) is 0 Å². The molecule has 2 heterocycles. The number of hydrogen-bond donors (Lipinski definition) is 1. The van der Waals surface area contributed by atoms with E-state index in [4.69, 9.17) is 0 Å². The van der Waals surface area contributed by atoms with E-state index < -0.39 is 21.9 Å². The van der Waals surface area contributed by atoms with Crippen LogP contribution in [-0.4, -0.2) is 24.0 Å². The largest absolute Gasteiger partial charge is 0.350 e. The zero-order valence-corrected chi connectivity index (χ0v) is 9.15. The maximum Gasteiger partial charge on any atom is 0.350 e. The molecule has 0 fully saturated rings. The summed E-state index contributed by atoms with van der Waals surface area (Å²) in [6, 6.07) is 0. The molecule has 2 rings (SSSR count). The van der Waals surface area contributed by atoms with E-state index in [-0.39, 0.29) is 6.54 Å². The maximum absolute atomic E-state index is 11.4. The normalized spacial score (nSPS) is 10.4. The monoisotopic (exact) mass is 251 g/mol. The molecule has 18 heavy (non-hydrogen) atoms. The van der Waals surface area contributed by atoms with E-state index in [1.54, 1.807) is 23.3 Å². The number of H-pyrrole nitrogens is 1. The van der Waals surface area contributed by atoms with Gasteiger partial charge in [-0.2, -0.15) is 0 Å². The Balaban J connectivity index is 2.28. The van der Waals surface area contributed by atoms with Crippen LogP contribution in [0.5, 0.6) is 0 Å². The second kappa shape index (κ2) is 4.65. The summed E-state index contributed by atoms with van der Waals surface area (Å²) in [6.07, 6.45) is 5.78. The SMILES string of the molecule is O=c1[nH]c(=O)n(CCn2ccnc2)cc1[N+](=O)[O-]. The molecular formula is C9H9N5O4. The molecule has 0 amide bonds. The van der Waals surface area contributed by atoms with Crippen molar-refractivity contribution in [3.05, 3.63) is 55.9 Å². The number of imidazole rings is 1. The van der Waals surface area contributed by atoms with Gasteiger partial charge in [0.25, 0.3) is 0 Å². The van der Waals surface area contributed by atoms with Crippen LogP contribution in [0.3, 0.4) is 0 Å². The molecule has 2 aromatic rings. The molecule has 0 aliphatic carbocycles. The van der Waals surface area contributed by atoms with Crippen molar-refractivity contribution < 1.29 is 4.92 Å². The van der Waals surface area contributed by atoms with Crippen LogP contribution in [0.25, 0.3) is 0 Å². The highest BCUT2D eigenvalue weighted by Gasteiger charge is 2.14. The number of aromatic nitrogens is 4. The third-order valence-corrected chi connectivity index (χ3v) is 2.35. The predicted octanol–water partition coefficient (Wildman–Crippen LogP) is -0.658. The summed E-state index contributed by atoms with van der Waals surface area (Å²) in [7, 11) is 0. The first-order chi connectivity index (χ1) is 8.58. The number of aryl methyl sites for hydroxylation is 2. The molecular weight excluding hydrogens is 242 g/mol. The molecule has 0 radical (unpaired) electrons. The molecule has 0 aliphatic heterocycles. The Morgan fingerprint density at radius 3 is 2.78 bits per heavy atom. The Morgan fingerprint density at radius 1 is 1.39 bits per heavy atom. The Morgan fingerprint density at radius 2 is 2.17 bits per heavy atom. The fourth-order valence-corrected chi connectivity index (χ4v) is 1.44. The van der Waals surface area contributed by atoms with Crippen LogP contribution in [0.4, 0.5) is 5.69 Å². The van der Waals surface area contributed by atoms with Crippen molar-refractivity contribution in [1.82, 2.24) is 19.1 Å². The van der Waals surface area contributed by atoms with Crippen molar-refractivity contribution in [2.45, 2.75) is 13.1 Å². The molecule has 0 aromatic carbocycles. The molecule has 1 N–H and O–H groups in total. The average molecular weight is 251 g/mol. The van der Waals surface area contributed by atoms with Gasteiger partial charge in [-0.05, 0) is 0 Å². The van der Waals surface area contributed by atoms with Crippen molar-refractivity contribution in [2.75, 3.05) is 0 Å². The number of aromatic amines is 1. The van der Waals surface area contributed by atoms with Crippen LogP contribution >= 0.6 is 0 Å². The lowest BCUT2D eigenvalue weighted by atomic mass is 10.5. The van der Waals surface area contributed by atoms with Crippen LogP contribution in [0.2, 0.25) is 0 Å². The van der Waals surface area contributed by atoms with Gasteiger partial charge in [-0.25, -0.2) is 9.78 Å². The first-order valence-electron chi connectivity index (χ1n) is 5.02. The molecule has 0 unspecified atom stereocenters. The van der Waals surface area contributed by atoms with Gasteiger partial charge in [0.05, 0.1) is 17.4 Å². The molecule has 9 heteroatoms. The third-order valence-electron chi connectivity index (χ3n) is 2.35. The Labute approximate surface area is 99.5 Å². The van der Waals surface area contributed by atoms with Crippen molar-refractivity contribution in [1.29, 1.82) is 0 Å². The number of nitro groups is 1. The van der Waals surface area contributed by atoms with Crippen LogP contribution in [0.15, 0.2) is 34.5 Å². The van der Waals surface area contributed by atoms with Crippen molar-refractivity contribution in [3.63, 3.8) is 0 Å². The average Bonchev–Trinajstić information content (AvgIpc) is 2.80. The highest BCUT2D eigenvalue weighted by molar-refractivity contribution is 5.20. The molecule has 0 spiro atoms. The van der Waals surface area contributed by atoms with E-state index in [0.717, 1.165) is 10.8 Å². The number of rotatable bonds is 4. The Hall–Kier alpha value is -2.71. The van der Waals surface area contributed by atoms with Gasteiger partial charge in [-0.3, -0.25) is 24.5 Å². The second-order valence-electron chi connectivity index (χ2n) is 3.52. The van der Waals surface area contributed by atoms with Crippen LogP contribution in [0.1, 0.15) is 0 Å². The van der Waals surface area contributed by atoms with Crippen molar-refractivity contribution in [3.8, 4) is 0 Å². The van der Waals surface area contributed by atoms with Crippen molar-refractivity contribution >= 4 is 5.69 Å². The summed E-state index contributed by atoms with van der Waals surface area (Å²) < 4.78 is 2.79. The van der Waals surface area contributed by atoms with Crippen molar-refractivity contribution in [2.24, 2.45) is 0 Å². The van der Waals surface area contributed by atoms with E-state index in [9.17, 15) is 19.7 Å². The lowest BCUT2D eigenvalue weighted by Crippen LogP contribution is -2.31. The van der Waals surface area contributed by atoms with Crippen LogP contribution in [-0.2, 0) is 13.1 Å². The lowest BCUT2D eigenvalue weighted by Gasteiger charge is -2.04. The fraction of sp³-hybridized carbons (Fsp3) is 0.222. The van der Waals surface area contributed by atoms with Crippen LogP contribution < -0.4 is 11.2 Å². The third kappa shape index (κ3) is 2.34. The highest BCUT2D eigenvalue weighted by Crippen LogP contribution is 1.99. The van der Waals surface area contributed by atoms with Crippen LogP contribution in [0, 0.1) is 10.1 Å². The first kappa shape index (κ1) is 11.8. The number of nitrogens with zero attached hydrogens (tertiary/aromatic N) is 4. The number of nitrogens with one attached hydrogen (secondary N) is 1. The highest BCUT2D eigenvalue weighted by atomic mass is 16.6. The fourth-order valence-electron chi connectivity index (χ4n) is 1.44. The van der Waals surface area contributed by atoms with E-state index in [0.29, 0.717) is 6.54 Å². The molecule has 0 aliphatic rings. The smallest absolute Gasteiger partial charge is 0.336 e. The number of hydrogen-bond acceptors (Lipinski definition) is 5. The zero-order chi connectivity index (χ0) is 13.1.